The molecule has 1 aromatic carbocycles. The van der Waals surface area contributed by atoms with Gasteiger partial charge in [-0.2, -0.15) is 0 Å². The van der Waals surface area contributed by atoms with Gasteiger partial charge in [-0.05, 0) is 38.4 Å². The van der Waals surface area contributed by atoms with Crippen molar-refractivity contribution in [3.8, 4) is 0 Å². The summed E-state index contributed by atoms with van der Waals surface area (Å²) in [6.07, 6.45) is 2.35. The zero-order chi connectivity index (χ0) is 12.1. The van der Waals surface area contributed by atoms with Gasteiger partial charge in [0.2, 0.25) is 0 Å². The van der Waals surface area contributed by atoms with Crippen molar-refractivity contribution >= 4 is 0 Å². The minimum absolute atomic E-state index is 0.284. The van der Waals surface area contributed by atoms with Crippen LogP contribution < -0.4 is 5.32 Å². The summed E-state index contributed by atoms with van der Waals surface area (Å²) in [6.45, 7) is 4.20. The first-order valence-corrected chi connectivity index (χ1v) is 6.29. The second kappa shape index (κ2) is 5.63. The molecule has 3 heteroatoms. The van der Waals surface area contributed by atoms with Gasteiger partial charge >= 0.3 is 0 Å². The predicted molar refractivity (Wildman–Crippen MR) is 67.9 cm³/mol. The van der Waals surface area contributed by atoms with E-state index in [4.69, 9.17) is 4.74 Å². The van der Waals surface area contributed by atoms with E-state index in [1.807, 2.05) is 37.3 Å². The fourth-order valence-corrected chi connectivity index (χ4v) is 2.12. The lowest BCUT2D eigenvalue weighted by atomic mass is 9.97. The van der Waals surface area contributed by atoms with Crippen LogP contribution in [0.4, 0.5) is 0 Å². The molecule has 0 saturated carbocycles. The van der Waals surface area contributed by atoms with Gasteiger partial charge in [-0.1, -0.05) is 30.3 Å². The van der Waals surface area contributed by atoms with Crippen LogP contribution in [-0.2, 0) is 10.3 Å². The van der Waals surface area contributed by atoms with Crippen LogP contribution in [0.1, 0.15) is 25.3 Å². The van der Waals surface area contributed by atoms with Crippen LogP contribution in [0.3, 0.4) is 0 Å². The summed E-state index contributed by atoms with van der Waals surface area (Å²) < 4.78 is 5.81. The Morgan fingerprint density at radius 2 is 1.94 bits per heavy atom. The fourth-order valence-electron chi connectivity index (χ4n) is 2.12. The van der Waals surface area contributed by atoms with E-state index < -0.39 is 5.60 Å². The Morgan fingerprint density at radius 1 is 1.29 bits per heavy atom. The number of hydrogen-bond donors (Lipinski definition) is 2. The van der Waals surface area contributed by atoms with Crippen LogP contribution in [-0.4, -0.2) is 30.9 Å². The molecule has 0 amide bonds. The van der Waals surface area contributed by atoms with Gasteiger partial charge in [0.05, 0.1) is 12.7 Å². The van der Waals surface area contributed by atoms with Crippen molar-refractivity contribution in [3.63, 3.8) is 0 Å². The van der Waals surface area contributed by atoms with E-state index in [1.165, 1.54) is 0 Å². The van der Waals surface area contributed by atoms with Crippen LogP contribution >= 0.6 is 0 Å². The topological polar surface area (TPSA) is 41.5 Å². The first kappa shape index (κ1) is 12.6. The van der Waals surface area contributed by atoms with Crippen molar-refractivity contribution in [1.82, 2.24) is 5.32 Å². The lowest BCUT2D eigenvalue weighted by Crippen LogP contribution is -2.36. The Hall–Kier alpha value is -0.900. The first-order chi connectivity index (χ1) is 8.18. The standard InChI is InChI=1S/C14H21NO2/c1-14(16,12-5-3-2-4-6-12)11-17-13-7-9-15-10-8-13/h2-6,13,15-16H,7-11H2,1H3/t14-/m0/s1. The molecule has 0 spiro atoms. The van der Waals surface area contributed by atoms with E-state index in [1.54, 1.807) is 0 Å². The van der Waals surface area contributed by atoms with Gasteiger partial charge in [-0.3, -0.25) is 0 Å². The smallest absolute Gasteiger partial charge is 0.110 e. The zero-order valence-electron chi connectivity index (χ0n) is 10.4. The Morgan fingerprint density at radius 3 is 2.59 bits per heavy atom. The number of piperidine rings is 1. The van der Waals surface area contributed by atoms with E-state index in [-0.39, 0.29) is 6.10 Å². The van der Waals surface area contributed by atoms with Gasteiger partial charge in [0.15, 0.2) is 0 Å². The third-order valence-corrected chi connectivity index (χ3v) is 3.28. The lowest BCUT2D eigenvalue weighted by Gasteiger charge is -2.29. The van der Waals surface area contributed by atoms with Crippen molar-refractivity contribution in [1.29, 1.82) is 0 Å². The van der Waals surface area contributed by atoms with Crippen LogP contribution in [0, 0.1) is 0 Å². The maximum absolute atomic E-state index is 10.4. The van der Waals surface area contributed by atoms with Crippen molar-refractivity contribution in [2.24, 2.45) is 0 Å². The molecular weight excluding hydrogens is 214 g/mol. The summed E-state index contributed by atoms with van der Waals surface area (Å²) >= 11 is 0. The number of nitrogens with one attached hydrogen (secondary N) is 1. The number of hydrogen-bond acceptors (Lipinski definition) is 3. The Bertz CT molecular complexity index is 331. The minimum atomic E-state index is -0.897. The van der Waals surface area contributed by atoms with Gasteiger partial charge in [0, 0.05) is 0 Å². The quantitative estimate of drug-likeness (QED) is 0.834. The molecule has 94 valence electrons. The van der Waals surface area contributed by atoms with Crippen molar-refractivity contribution < 1.29 is 9.84 Å². The highest BCUT2D eigenvalue weighted by atomic mass is 16.5. The highest BCUT2D eigenvalue weighted by Crippen LogP contribution is 2.22. The van der Waals surface area contributed by atoms with Gasteiger partial charge < -0.3 is 15.2 Å². The van der Waals surface area contributed by atoms with Crippen LogP contribution in [0.15, 0.2) is 30.3 Å². The third-order valence-electron chi connectivity index (χ3n) is 3.28. The predicted octanol–water partition coefficient (Wildman–Crippen LogP) is 1.66. The number of benzene rings is 1. The highest BCUT2D eigenvalue weighted by Gasteiger charge is 2.25. The molecule has 2 N–H and O–H groups in total. The van der Waals surface area contributed by atoms with Gasteiger partial charge in [-0.15, -0.1) is 0 Å². The average molecular weight is 235 g/mol. The van der Waals surface area contributed by atoms with Crippen LogP contribution in [0.5, 0.6) is 0 Å². The SMILES string of the molecule is C[C@](O)(COC1CCNCC1)c1ccccc1. The van der Waals surface area contributed by atoms with E-state index in [0.717, 1.165) is 31.5 Å². The molecule has 1 aromatic rings. The molecule has 1 saturated heterocycles. The number of ether oxygens (including phenoxy) is 1. The number of rotatable bonds is 4. The summed E-state index contributed by atoms with van der Waals surface area (Å²) in [7, 11) is 0. The summed E-state index contributed by atoms with van der Waals surface area (Å²) in [5.41, 5.74) is 0.0144. The van der Waals surface area contributed by atoms with E-state index in [0.29, 0.717) is 6.61 Å². The molecule has 3 nitrogen and oxygen atoms in total. The molecule has 1 heterocycles. The minimum Gasteiger partial charge on any atom is -0.383 e. The maximum Gasteiger partial charge on any atom is 0.110 e. The molecule has 17 heavy (non-hydrogen) atoms. The first-order valence-electron chi connectivity index (χ1n) is 6.29. The summed E-state index contributed by atoms with van der Waals surface area (Å²) in [5.74, 6) is 0. The average Bonchev–Trinajstić information content (AvgIpc) is 2.39. The second-order valence-electron chi connectivity index (χ2n) is 4.90. The Balaban J connectivity index is 1.88. The molecular formula is C14H21NO2. The van der Waals surface area contributed by atoms with E-state index in [2.05, 4.69) is 5.32 Å². The molecule has 1 fully saturated rings. The van der Waals surface area contributed by atoms with Crippen molar-refractivity contribution in [3.05, 3.63) is 35.9 Å². The molecule has 0 radical (unpaired) electrons. The Labute approximate surface area is 103 Å². The molecule has 1 aliphatic heterocycles. The molecule has 0 aromatic heterocycles. The molecule has 2 rings (SSSR count). The highest BCUT2D eigenvalue weighted by molar-refractivity contribution is 5.21. The molecule has 0 unspecified atom stereocenters. The van der Waals surface area contributed by atoms with Crippen molar-refractivity contribution in [2.45, 2.75) is 31.5 Å². The fraction of sp³-hybridized carbons (Fsp3) is 0.571. The normalized spacial score (nSPS) is 21.1. The van der Waals surface area contributed by atoms with Gasteiger partial charge in [0.1, 0.15) is 5.60 Å². The zero-order valence-corrected chi connectivity index (χ0v) is 10.4. The molecule has 1 atom stereocenters. The summed E-state index contributed by atoms with van der Waals surface area (Å²) in [4.78, 5) is 0. The van der Waals surface area contributed by atoms with Crippen molar-refractivity contribution in [2.75, 3.05) is 19.7 Å². The monoisotopic (exact) mass is 235 g/mol. The van der Waals surface area contributed by atoms with E-state index >= 15 is 0 Å². The van der Waals surface area contributed by atoms with Gasteiger partial charge in [-0.25, -0.2) is 0 Å². The van der Waals surface area contributed by atoms with Gasteiger partial charge in [0.25, 0.3) is 0 Å². The Kier molecular flexibility index (Phi) is 4.15. The second-order valence-corrected chi connectivity index (χ2v) is 4.90. The summed E-state index contributed by atoms with van der Waals surface area (Å²) in [6, 6.07) is 9.70. The summed E-state index contributed by atoms with van der Waals surface area (Å²) in [5, 5.41) is 13.7. The third kappa shape index (κ3) is 3.53. The lowest BCUT2D eigenvalue weighted by molar-refractivity contribution is -0.0735. The van der Waals surface area contributed by atoms with Crippen LogP contribution in [0.25, 0.3) is 0 Å². The largest absolute Gasteiger partial charge is 0.383 e. The van der Waals surface area contributed by atoms with Crippen LogP contribution in [0.2, 0.25) is 0 Å². The molecule has 1 aliphatic rings. The van der Waals surface area contributed by atoms with E-state index in [9.17, 15) is 5.11 Å². The molecule has 0 bridgehead atoms. The maximum atomic E-state index is 10.4. The number of aliphatic hydroxyl groups is 1. The molecule has 0 aliphatic carbocycles.